The average molecular weight is 964 g/mol. The van der Waals surface area contributed by atoms with E-state index in [1.54, 1.807) is 37.5 Å². The normalized spacial score (nSPS) is 21.8. The maximum absolute atomic E-state index is 17.9. The summed E-state index contributed by atoms with van der Waals surface area (Å²) in [6, 6.07) is 3.40. The van der Waals surface area contributed by atoms with Crippen molar-refractivity contribution in [2.45, 2.75) is 110 Å². The first-order valence-corrected chi connectivity index (χ1v) is 22.9. The van der Waals surface area contributed by atoms with Gasteiger partial charge in [0.15, 0.2) is 17.4 Å². The number of ether oxygens (including phenoxy) is 7. The highest BCUT2D eigenvalue weighted by atomic mass is 19.1. The van der Waals surface area contributed by atoms with Crippen molar-refractivity contribution in [1.82, 2.24) is 19.8 Å². The van der Waals surface area contributed by atoms with E-state index < -0.39 is 107 Å². The monoisotopic (exact) mass is 963 g/mol. The van der Waals surface area contributed by atoms with Crippen LogP contribution in [0.1, 0.15) is 79.2 Å². The van der Waals surface area contributed by atoms with Gasteiger partial charge >= 0.3 is 30.2 Å². The van der Waals surface area contributed by atoms with Crippen molar-refractivity contribution in [3.63, 3.8) is 0 Å². The first-order valence-electron chi connectivity index (χ1n) is 22.9. The number of fused-ring (bicyclic) bond motifs is 5. The number of carbonyl (C=O) groups excluding carboxylic acids is 4. The van der Waals surface area contributed by atoms with Gasteiger partial charge in [-0.05, 0) is 55.8 Å². The molecule has 6 atom stereocenters. The van der Waals surface area contributed by atoms with Crippen LogP contribution in [0.4, 0.5) is 33.0 Å². The lowest BCUT2D eigenvalue weighted by atomic mass is 9.92. The number of alkyl halides is 1. The van der Waals surface area contributed by atoms with E-state index in [2.05, 4.69) is 10.9 Å². The molecule has 69 heavy (non-hydrogen) atoms. The molecule has 4 aliphatic rings. The average Bonchev–Trinajstić information content (AvgIpc) is 3.91. The highest BCUT2D eigenvalue weighted by molar-refractivity contribution is 6.06. The Labute approximate surface area is 395 Å². The van der Waals surface area contributed by atoms with Crippen molar-refractivity contribution in [2.75, 3.05) is 44.8 Å². The van der Waals surface area contributed by atoms with E-state index in [0.717, 1.165) is 25.7 Å². The molecule has 0 saturated carbocycles. The maximum atomic E-state index is 17.9. The van der Waals surface area contributed by atoms with Crippen LogP contribution in [0.5, 0.6) is 17.5 Å². The second-order valence-corrected chi connectivity index (χ2v) is 18.5. The van der Waals surface area contributed by atoms with Crippen LogP contribution >= 0.6 is 0 Å². The van der Waals surface area contributed by atoms with Gasteiger partial charge in [-0.2, -0.15) is 9.97 Å². The van der Waals surface area contributed by atoms with Gasteiger partial charge in [0.2, 0.25) is 12.6 Å². The number of nitrogens with zero attached hydrogens (tertiary/aromatic N) is 5. The molecule has 20 heteroatoms. The summed E-state index contributed by atoms with van der Waals surface area (Å²) in [5, 5.41) is -0.221. The lowest BCUT2D eigenvalue weighted by molar-refractivity contribution is -0.171. The maximum Gasteiger partial charge on any atom is 0.516 e. The molecular weight excluding hydrogens is 911 g/mol. The zero-order valence-electron chi connectivity index (χ0n) is 39.2. The minimum absolute atomic E-state index is 0.00301. The number of esters is 2. The van der Waals surface area contributed by atoms with Gasteiger partial charge in [-0.3, -0.25) is 19.4 Å². The number of aromatic nitrogens is 2. The van der Waals surface area contributed by atoms with Crippen LogP contribution in [0.25, 0.3) is 32.8 Å². The Balaban J connectivity index is 1.24. The summed E-state index contributed by atoms with van der Waals surface area (Å²) in [5.74, 6) is -4.18. The predicted octanol–water partition coefficient (Wildman–Crippen LogP) is 8.21. The molecule has 4 unspecified atom stereocenters. The van der Waals surface area contributed by atoms with Gasteiger partial charge < -0.3 is 38.1 Å². The van der Waals surface area contributed by atoms with Crippen molar-refractivity contribution >= 4 is 51.7 Å². The minimum Gasteiger partial charge on any atom is -0.493 e. The Hall–Kier alpha value is -6.62. The van der Waals surface area contributed by atoms with Crippen LogP contribution in [0.3, 0.4) is 0 Å². The number of piperazine rings is 1. The number of hydrogen-bond donors (Lipinski definition) is 0. The second-order valence-electron chi connectivity index (χ2n) is 18.5. The van der Waals surface area contributed by atoms with Crippen LogP contribution < -0.4 is 19.1 Å². The van der Waals surface area contributed by atoms with Crippen LogP contribution in [0.2, 0.25) is 0 Å². The largest absolute Gasteiger partial charge is 0.516 e. The molecule has 4 fully saturated rings. The SMILES string of the molecule is C#Cc1c(F)ccc2cc(OC(=O)OC(C)OC(=O)C(C)C)cc(-c3c(F)c(OC)c4c(N5CC6CCC(C5)N6C(=O)OC(C)OC(=O)C(C)C)nc(OC[C@@]56CCCN5C[C@H](F)C6)nc4c3F)c12. The number of rotatable bonds is 13. The van der Waals surface area contributed by atoms with Gasteiger partial charge in [0.1, 0.15) is 35.7 Å². The third-order valence-corrected chi connectivity index (χ3v) is 13.1. The number of halogens is 4. The van der Waals surface area contributed by atoms with Crippen LogP contribution in [0, 0.1) is 41.6 Å². The topological polar surface area (TPSA) is 168 Å². The smallest absolute Gasteiger partial charge is 0.493 e. The highest BCUT2D eigenvalue weighted by Crippen LogP contribution is 2.48. The summed E-state index contributed by atoms with van der Waals surface area (Å²) in [6.07, 6.45) is 2.85. The molecule has 2 bridgehead atoms. The molecule has 8 rings (SSSR count). The molecule has 1 amide bonds. The molecule has 4 aromatic rings. The van der Waals surface area contributed by atoms with Gasteiger partial charge in [-0.25, -0.2) is 27.2 Å². The highest BCUT2D eigenvalue weighted by Gasteiger charge is 2.50. The number of amides is 1. The molecule has 4 aliphatic heterocycles. The fourth-order valence-electron chi connectivity index (χ4n) is 9.89. The zero-order valence-corrected chi connectivity index (χ0v) is 39.2. The van der Waals surface area contributed by atoms with E-state index in [9.17, 15) is 23.6 Å². The third kappa shape index (κ3) is 9.44. The molecule has 368 valence electrons. The minimum atomic E-state index is -1.38. The number of terminal acetylenes is 1. The van der Waals surface area contributed by atoms with E-state index in [-0.39, 0.29) is 77.5 Å². The van der Waals surface area contributed by atoms with Gasteiger partial charge in [-0.15, -0.1) is 6.42 Å². The van der Waals surface area contributed by atoms with Crippen molar-refractivity contribution in [3.8, 4) is 41.0 Å². The van der Waals surface area contributed by atoms with Crippen LogP contribution in [-0.4, -0.2) is 120 Å². The van der Waals surface area contributed by atoms with Gasteiger partial charge in [0.05, 0.1) is 53.1 Å². The van der Waals surface area contributed by atoms with Crippen molar-refractivity contribution in [2.24, 2.45) is 11.8 Å². The first kappa shape index (κ1) is 48.8. The van der Waals surface area contributed by atoms with Gasteiger partial charge in [0, 0.05) is 50.9 Å². The van der Waals surface area contributed by atoms with E-state index in [1.807, 2.05) is 4.90 Å². The number of hydrogen-bond acceptors (Lipinski definition) is 15. The Bertz CT molecular complexity index is 2740. The molecule has 16 nitrogen and oxygen atoms in total. The van der Waals surface area contributed by atoms with Crippen molar-refractivity contribution in [3.05, 3.63) is 47.3 Å². The van der Waals surface area contributed by atoms with Gasteiger partial charge in [-0.1, -0.05) is 39.7 Å². The zero-order chi connectivity index (χ0) is 49.6. The quantitative estimate of drug-likeness (QED) is 0.0413. The summed E-state index contributed by atoms with van der Waals surface area (Å²) < 4.78 is 104. The molecule has 0 aliphatic carbocycles. The molecule has 3 aromatic carbocycles. The molecule has 0 radical (unpaired) electrons. The summed E-state index contributed by atoms with van der Waals surface area (Å²) in [5.41, 5.74) is -2.67. The summed E-state index contributed by atoms with van der Waals surface area (Å²) in [6.45, 7) is 10.3. The van der Waals surface area contributed by atoms with Crippen LogP contribution in [0.15, 0.2) is 24.3 Å². The predicted molar refractivity (Wildman–Crippen MR) is 241 cm³/mol. The second kappa shape index (κ2) is 19.4. The summed E-state index contributed by atoms with van der Waals surface area (Å²) in [7, 11) is 1.16. The van der Waals surface area contributed by atoms with Crippen molar-refractivity contribution < 1.29 is 69.9 Å². The van der Waals surface area contributed by atoms with Crippen LogP contribution in [-0.2, 0) is 28.5 Å². The molecule has 0 spiro atoms. The lowest BCUT2D eigenvalue weighted by Gasteiger charge is -2.41. The van der Waals surface area contributed by atoms with Crippen molar-refractivity contribution in [1.29, 1.82) is 0 Å². The van der Waals surface area contributed by atoms with Gasteiger partial charge in [0.25, 0.3) is 0 Å². The Morgan fingerprint density at radius 3 is 2.17 bits per heavy atom. The lowest BCUT2D eigenvalue weighted by Crippen LogP contribution is -2.56. The van der Waals surface area contributed by atoms with E-state index in [4.69, 9.17) is 44.6 Å². The number of methoxy groups -OCH3 is 1. The fraction of sp³-hybridized carbons (Fsp3) is 0.510. The molecule has 4 saturated heterocycles. The molecule has 1 aromatic heterocycles. The number of anilines is 1. The van der Waals surface area contributed by atoms with E-state index >= 15 is 13.2 Å². The van der Waals surface area contributed by atoms with E-state index in [0.29, 0.717) is 25.8 Å². The Morgan fingerprint density at radius 1 is 0.870 bits per heavy atom. The Kier molecular flexibility index (Phi) is 13.7. The first-order chi connectivity index (χ1) is 32.8. The van der Waals surface area contributed by atoms with E-state index in [1.165, 1.54) is 26.0 Å². The summed E-state index contributed by atoms with van der Waals surface area (Å²) in [4.78, 5) is 65.5. The molecule has 5 heterocycles. The third-order valence-electron chi connectivity index (χ3n) is 13.1. The number of benzene rings is 3. The fourth-order valence-corrected chi connectivity index (χ4v) is 9.89. The summed E-state index contributed by atoms with van der Waals surface area (Å²) >= 11 is 0. The standard InChI is InChI=1S/C49H53F4N5O11/c1-9-33-35(51)14-11-28-17-32(69-48(62)68-27(7)66-45(60)25(4)5)18-34(36(28)33)37-39(52)41-38(42(63-8)40(37)53)43(55-46(54-41)64-23-49-15-10-16-57(49)20-29(50)19-49)56-21-30-12-13-31(22-56)58(30)47(61)67-26(6)65-44(59)24(2)3/h1,11,14,17-18,24-27,29-31H,10,12-13,15-16,19-23H2,2-8H3/t26?,27?,29-,30?,31?,49+/m1/s1. The number of carbonyl (C=O) groups is 4. The molecule has 0 N–H and O–H groups in total. The Morgan fingerprint density at radius 2 is 1.54 bits per heavy atom. The molecular formula is C49H53F4N5O11.